The zero-order valence-electron chi connectivity index (χ0n) is 4.93. The Balaban J connectivity index is 4.01. The summed E-state index contributed by atoms with van der Waals surface area (Å²) < 4.78 is 0. The Labute approximate surface area is 48.6 Å². The minimum absolute atomic E-state index is 0.250. The topological polar surface area (TPSA) is 29.4 Å². The zero-order chi connectivity index (χ0) is 6.57. The number of hydrogen-bond donors (Lipinski definition) is 0. The molecule has 0 unspecified atom stereocenters. The predicted molar refractivity (Wildman–Crippen MR) is 32.6 cm³/mol. The second kappa shape index (κ2) is 2.98. The number of hydrogen-bond acceptors (Lipinski definition) is 1. The molecular weight excluding hydrogens is 102 g/mol. The normalized spacial score (nSPS) is 10.4. The Morgan fingerprint density at radius 2 is 2.12 bits per heavy atom. The lowest BCUT2D eigenvalue weighted by Crippen LogP contribution is -1.90. The van der Waals surface area contributed by atoms with Gasteiger partial charge in [-0.25, -0.2) is 4.99 Å². The molecule has 0 heterocycles. The number of nitrogens with zero attached hydrogens (tertiary/aromatic N) is 1. The van der Waals surface area contributed by atoms with E-state index in [4.69, 9.17) is 6.42 Å². The summed E-state index contributed by atoms with van der Waals surface area (Å²) >= 11 is 0. The summed E-state index contributed by atoms with van der Waals surface area (Å²) in [6.07, 6.45) is 4.89. The maximum Gasteiger partial charge on any atom is 0.243 e. The van der Waals surface area contributed by atoms with Crippen LogP contribution in [0.25, 0.3) is 0 Å². The number of rotatable bonds is 0. The van der Waals surface area contributed by atoms with Crippen molar-refractivity contribution < 1.29 is 4.79 Å². The van der Waals surface area contributed by atoms with Gasteiger partial charge in [-0.15, -0.1) is 6.42 Å². The molecule has 2 nitrogen and oxygen atoms in total. The molecule has 0 N–H and O–H groups in total. The van der Waals surface area contributed by atoms with Crippen molar-refractivity contribution in [1.29, 1.82) is 0 Å². The molecule has 42 valence electrons. The fourth-order valence-electron chi connectivity index (χ4n) is 0.268. The summed E-state index contributed by atoms with van der Waals surface area (Å²) in [4.78, 5) is 13.6. The first kappa shape index (κ1) is 6.90. The van der Waals surface area contributed by atoms with Crippen molar-refractivity contribution >= 4 is 11.6 Å². The van der Waals surface area contributed by atoms with Crippen LogP contribution in [0.1, 0.15) is 13.8 Å². The van der Waals surface area contributed by atoms with Gasteiger partial charge in [0.05, 0.1) is 5.71 Å². The summed E-state index contributed by atoms with van der Waals surface area (Å²) in [5.41, 5.74) is 0.428. The molecule has 0 aromatic carbocycles. The first-order valence-corrected chi connectivity index (χ1v) is 2.19. The van der Waals surface area contributed by atoms with Crippen LogP contribution >= 0.6 is 0 Å². The van der Waals surface area contributed by atoms with Gasteiger partial charge in [0.15, 0.2) is 0 Å². The summed E-state index contributed by atoms with van der Waals surface area (Å²) in [5, 5.41) is 0. The van der Waals surface area contributed by atoms with Crippen molar-refractivity contribution in [3.05, 3.63) is 0 Å². The van der Waals surface area contributed by atoms with E-state index in [1.54, 1.807) is 6.92 Å². The second-order valence-corrected chi connectivity index (χ2v) is 1.36. The molecule has 0 aliphatic rings. The number of terminal acetylenes is 1. The van der Waals surface area contributed by atoms with Gasteiger partial charge in [-0.1, -0.05) is 5.92 Å². The third kappa shape index (κ3) is 3.10. The van der Waals surface area contributed by atoms with Gasteiger partial charge in [-0.3, -0.25) is 4.79 Å². The standard InChI is InChI=1S/C6H7NO/c1-4-5(2)7-6(3)8/h1H,2-3H3. The molecule has 0 bridgehead atoms. The molecule has 0 fully saturated rings. The maximum absolute atomic E-state index is 10.1. The van der Waals surface area contributed by atoms with Crippen molar-refractivity contribution in [3.63, 3.8) is 0 Å². The Morgan fingerprint density at radius 1 is 1.62 bits per heavy atom. The van der Waals surface area contributed by atoms with Gasteiger partial charge in [0.1, 0.15) is 0 Å². The highest BCUT2D eigenvalue weighted by Crippen LogP contribution is 1.74. The maximum atomic E-state index is 10.1. The molecule has 0 radical (unpaired) electrons. The molecule has 2 heteroatoms. The average Bonchev–Trinajstić information content (AvgIpc) is 1.65. The van der Waals surface area contributed by atoms with Crippen LogP contribution in [0.5, 0.6) is 0 Å². The van der Waals surface area contributed by atoms with Crippen molar-refractivity contribution in [3.8, 4) is 12.3 Å². The van der Waals surface area contributed by atoms with Crippen LogP contribution in [0, 0.1) is 12.3 Å². The van der Waals surface area contributed by atoms with E-state index in [1.165, 1.54) is 6.92 Å². The highest BCUT2D eigenvalue weighted by molar-refractivity contribution is 6.03. The van der Waals surface area contributed by atoms with Crippen molar-refractivity contribution in [2.24, 2.45) is 4.99 Å². The fourth-order valence-corrected chi connectivity index (χ4v) is 0.268. The molecule has 0 saturated carbocycles. The van der Waals surface area contributed by atoms with E-state index < -0.39 is 0 Å². The van der Waals surface area contributed by atoms with E-state index in [9.17, 15) is 4.79 Å². The lowest BCUT2D eigenvalue weighted by atomic mass is 10.4. The van der Waals surface area contributed by atoms with Gasteiger partial charge in [-0.05, 0) is 6.92 Å². The van der Waals surface area contributed by atoms with Crippen molar-refractivity contribution in [2.45, 2.75) is 13.8 Å². The van der Waals surface area contributed by atoms with E-state index in [0.29, 0.717) is 5.71 Å². The third-order valence-electron chi connectivity index (χ3n) is 0.534. The number of carbonyl (C=O) groups is 1. The van der Waals surface area contributed by atoms with Crippen LogP contribution in [-0.4, -0.2) is 11.6 Å². The second-order valence-electron chi connectivity index (χ2n) is 1.36. The van der Waals surface area contributed by atoms with Crippen LogP contribution in [0.2, 0.25) is 0 Å². The lowest BCUT2D eigenvalue weighted by Gasteiger charge is -1.80. The van der Waals surface area contributed by atoms with E-state index in [0.717, 1.165) is 0 Å². The Morgan fingerprint density at radius 3 is 2.25 bits per heavy atom. The summed E-state index contributed by atoms with van der Waals surface area (Å²) in [5.74, 6) is 1.98. The first-order chi connectivity index (χ1) is 3.66. The largest absolute Gasteiger partial charge is 0.273 e. The number of aliphatic imine (C=N–C) groups is 1. The summed E-state index contributed by atoms with van der Waals surface area (Å²) in [6, 6.07) is 0. The van der Waals surface area contributed by atoms with Crippen LogP contribution in [0.3, 0.4) is 0 Å². The van der Waals surface area contributed by atoms with Gasteiger partial charge < -0.3 is 0 Å². The third-order valence-corrected chi connectivity index (χ3v) is 0.534. The molecule has 0 spiro atoms. The molecular formula is C6H7NO. The van der Waals surface area contributed by atoms with Crippen LogP contribution in [0.15, 0.2) is 4.99 Å². The first-order valence-electron chi connectivity index (χ1n) is 2.19. The van der Waals surface area contributed by atoms with Gasteiger partial charge in [-0.2, -0.15) is 0 Å². The Hall–Kier alpha value is -1.10. The SMILES string of the molecule is C#CC(C)=NC(C)=O. The monoisotopic (exact) mass is 109 g/mol. The fraction of sp³-hybridized carbons (Fsp3) is 0.333. The minimum atomic E-state index is -0.250. The number of carbonyl (C=O) groups excluding carboxylic acids is 1. The van der Waals surface area contributed by atoms with E-state index in [1.807, 2.05) is 0 Å². The number of amides is 1. The summed E-state index contributed by atoms with van der Waals surface area (Å²) in [7, 11) is 0. The summed E-state index contributed by atoms with van der Waals surface area (Å²) in [6.45, 7) is 2.97. The molecule has 1 amide bonds. The minimum Gasteiger partial charge on any atom is -0.273 e. The molecule has 8 heavy (non-hydrogen) atoms. The highest BCUT2D eigenvalue weighted by atomic mass is 16.1. The van der Waals surface area contributed by atoms with Crippen molar-refractivity contribution in [1.82, 2.24) is 0 Å². The molecule has 0 saturated heterocycles. The van der Waals surface area contributed by atoms with Crippen molar-refractivity contribution in [2.75, 3.05) is 0 Å². The highest BCUT2D eigenvalue weighted by Gasteiger charge is 1.84. The predicted octanol–water partition coefficient (Wildman–Crippen LogP) is 0.627. The van der Waals surface area contributed by atoms with Gasteiger partial charge in [0.2, 0.25) is 5.91 Å². The van der Waals surface area contributed by atoms with Gasteiger partial charge in [0.25, 0.3) is 0 Å². The van der Waals surface area contributed by atoms with Crippen LogP contribution in [-0.2, 0) is 4.79 Å². The van der Waals surface area contributed by atoms with Gasteiger partial charge >= 0.3 is 0 Å². The average molecular weight is 109 g/mol. The van der Waals surface area contributed by atoms with E-state index >= 15 is 0 Å². The van der Waals surface area contributed by atoms with Crippen LogP contribution in [0.4, 0.5) is 0 Å². The smallest absolute Gasteiger partial charge is 0.243 e. The van der Waals surface area contributed by atoms with Crippen LogP contribution < -0.4 is 0 Å². The van der Waals surface area contributed by atoms with Gasteiger partial charge in [0, 0.05) is 6.92 Å². The molecule has 0 aromatic heterocycles. The molecule has 0 atom stereocenters. The Bertz CT molecular complexity index is 162. The zero-order valence-corrected chi connectivity index (χ0v) is 4.93. The molecule has 0 aliphatic heterocycles. The van der Waals surface area contributed by atoms with E-state index in [-0.39, 0.29) is 5.91 Å². The Kier molecular flexibility index (Phi) is 2.57. The molecule has 0 aliphatic carbocycles. The van der Waals surface area contributed by atoms with E-state index in [2.05, 4.69) is 10.9 Å². The lowest BCUT2D eigenvalue weighted by molar-refractivity contribution is -0.115. The molecule has 0 rings (SSSR count). The molecule has 0 aromatic rings. The quantitative estimate of drug-likeness (QED) is 0.331.